The Bertz CT molecular complexity index is 1310. The van der Waals surface area contributed by atoms with Gasteiger partial charge in [0.05, 0.1) is 19.9 Å². The minimum Gasteiger partial charge on any atom is -0.497 e. The summed E-state index contributed by atoms with van der Waals surface area (Å²) in [6, 6.07) is 11.9. The van der Waals surface area contributed by atoms with E-state index in [1.807, 2.05) is 24.3 Å². The highest BCUT2D eigenvalue weighted by atomic mass is 19.1. The number of rotatable bonds is 4. The average molecular weight is 504 g/mol. The molecule has 37 heavy (non-hydrogen) atoms. The number of carbonyl (C=O) groups is 2. The maximum atomic E-state index is 14.5. The summed E-state index contributed by atoms with van der Waals surface area (Å²) in [7, 11) is 3.21. The molecule has 0 atom stereocenters. The number of ketones is 2. The minimum atomic E-state index is -0.589. The Kier molecular flexibility index (Phi) is 6.05. The smallest absolute Gasteiger partial charge is 0.162 e. The molecule has 0 bridgehead atoms. The number of nitrogens with zero attached hydrogens (tertiary/aromatic N) is 1. The van der Waals surface area contributed by atoms with Crippen LogP contribution in [0, 0.1) is 16.6 Å². The van der Waals surface area contributed by atoms with Gasteiger partial charge in [-0.25, -0.2) is 4.39 Å². The van der Waals surface area contributed by atoms with Crippen LogP contribution in [0.4, 0.5) is 10.1 Å². The van der Waals surface area contributed by atoms with Crippen LogP contribution in [0.5, 0.6) is 11.5 Å². The van der Waals surface area contributed by atoms with E-state index >= 15 is 0 Å². The van der Waals surface area contributed by atoms with Crippen molar-refractivity contribution >= 4 is 17.3 Å². The number of anilines is 1. The molecule has 0 N–H and O–H groups in total. The quantitative estimate of drug-likeness (QED) is 0.463. The zero-order valence-corrected chi connectivity index (χ0v) is 22.4. The van der Waals surface area contributed by atoms with Gasteiger partial charge in [-0.2, -0.15) is 0 Å². The number of allylic oxidation sites excluding steroid dienone is 4. The predicted octanol–water partition coefficient (Wildman–Crippen LogP) is 6.73. The standard InChI is InChI=1S/C31H34FNO4/c1-30(2)14-22-28(24(34)16-30)27(18-8-7-9-19(32)12-18)29-23(15-31(3,4)17-25(29)35)33(22)21-11-10-20(36-5)13-26(21)37-6/h7-13,27H,14-17H2,1-6H3. The third-order valence-electron chi connectivity index (χ3n) is 7.72. The normalized spacial score (nSPS) is 21.1. The lowest BCUT2D eigenvalue weighted by molar-refractivity contribution is -0.119. The minimum absolute atomic E-state index is 0.00201. The summed E-state index contributed by atoms with van der Waals surface area (Å²) in [4.78, 5) is 29.9. The predicted molar refractivity (Wildman–Crippen MR) is 141 cm³/mol. The first-order chi connectivity index (χ1) is 17.4. The monoisotopic (exact) mass is 503 g/mol. The lowest BCUT2D eigenvalue weighted by Crippen LogP contribution is -2.44. The fourth-order valence-electron chi connectivity index (χ4n) is 6.25. The number of hydrogen-bond donors (Lipinski definition) is 0. The molecule has 2 aromatic carbocycles. The van der Waals surface area contributed by atoms with Gasteiger partial charge >= 0.3 is 0 Å². The van der Waals surface area contributed by atoms with Gasteiger partial charge in [0.1, 0.15) is 17.3 Å². The van der Waals surface area contributed by atoms with Gasteiger partial charge in [0.25, 0.3) is 0 Å². The van der Waals surface area contributed by atoms with Gasteiger partial charge in [0, 0.05) is 47.4 Å². The highest BCUT2D eigenvalue weighted by Gasteiger charge is 2.49. The second-order valence-electron chi connectivity index (χ2n) is 12.0. The van der Waals surface area contributed by atoms with Crippen molar-refractivity contribution < 1.29 is 23.5 Å². The zero-order chi connectivity index (χ0) is 26.7. The van der Waals surface area contributed by atoms with Crippen LogP contribution in [0.25, 0.3) is 0 Å². The maximum Gasteiger partial charge on any atom is 0.162 e. The number of Topliss-reactive ketones (excluding diaryl/α,β-unsaturated/α-hetero) is 2. The topological polar surface area (TPSA) is 55.8 Å². The fourth-order valence-corrected chi connectivity index (χ4v) is 6.25. The number of ether oxygens (including phenoxy) is 2. The SMILES string of the molecule is COc1ccc(N2C3=C(C(=O)CC(C)(C)C3)C(c3cccc(F)c3)C3=C2CC(C)(C)CC3=O)c(OC)c1. The van der Waals surface area contributed by atoms with Crippen LogP contribution in [0.3, 0.4) is 0 Å². The first-order valence-electron chi connectivity index (χ1n) is 12.7. The highest BCUT2D eigenvalue weighted by molar-refractivity contribution is 6.08. The van der Waals surface area contributed by atoms with Crippen molar-refractivity contribution in [2.75, 3.05) is 19.1 Å². The molecule has 0 fully saturated rings. The number of methoxy groups -OCH3 is 2. The lowest BCUT2D eigenvalue weighted by Gasteiger charge is -2.49. The second kappa shape index (κ2) is 8.86. The van der Waals surface area contributed by atoms with Gasteiger partial charge in [0.15, 0.2) is 11.6 Å². The Morgan fingerprint density at radius 3 is 1.92 bits per heavy atom. The Morgan fingerprint density at radius 2 is 1.41 bits per heavy atom. The van der Waals surface area contributed by atoms with Gasteiger partial charge in [-0.05, 0) is 53.5 Å². The van der Waals surface area contributed by atoms with Crippen molar-refractivity contribution in [3.8, 4) is 11.5 Å². The number of benzene rings is 2. The van der Waals surface area contributed by atoms with Crippen molar-refractivity contribution in [2.24, 2.45) is 10.8 Å². The third-order valence-corrected chi connectivity index (χ3v) is 7.72. The Hall–Kier alpha value is -3.41. The Balaban J connectivity index is 1.85. The van der Waals surface area contributed by atoms with Gasteiger partial charge in [-0.1, -0.05) is 39.8 Å². The first kappa shape index (κ1) is 25.2. The molecule has 194 valence electrons. The molecule has 1 heterocycles. The maximum absolute atomic E-state index is 14.5. The molecule has 0 unspecified atom stereocenters. The summed E-state index contributed by atoms with van der Waals surface area (Å²) in [5.74, 6) is 0.277. The summed E-state index contributed by atoms with van der Waals surface area (Å²) in [6.07, 6.45) is 2.02. The average Bonchev–Trinajstić information content (AvgIpc) is 2.81. The molecule has 5 nitrogen and oxygen atoms in total. The van der Waals surface area contributed by atoms with Gasteiger partial charge in [-0.15, -0.1) is 0 Å². The summed E-state index contributed by atoms with van der Waals surface area (Å²) in [5, 5.41) is 0. The van der Waals surface area contributed by atoms with E-state index in [1.165, 1.54) is 12.1 Å². The van der Waals surface area contributed by atoms with Crippen LogP contribution < -0.4 is 14.4 Å². The fraction of sp³-hybridized carbons (Fsp3) is 0.419. The van der Waals surface area contributed by atoms with Gasteiger partial charge in [-0.3, -0.25) is 9.59 Å². The van der Waals surface area contributed by atoms with E-state index < -0.39 is 5.92 Å². The van der Waals surface area contributed by atoms with Crippen LogP contribution in [0.1, 0.15) is 64.9 Å². The van der Waals surface area contributed by atoms with Crippen LogP contribution in [-0.2, 0) is 9.59 Å². The molecule has 2 aliphatic carbocycles. The molecule has 6 heteroatoms. The van der Waals surface area contributed by atoms with E-state index in [2.05, 4.69) is 32.6 Å². The highest BCUT2D eigenvalue weighted by Crippen LogP contribution is 2.56. The van der Waals surface area contributed by atoms with Gasteiger partial charge in [0.2, 0.25) is 0 Å². The lowest BCUT2D eigenvalue weighted by atomic mass is 9.63. The van der Waals surface area contributed by atoms with Crippen LogP contribution in [0.15, 0.2) is 65.0 Å². The Labute approximate surface area is 218 Å². The molecule has 0 saturated heterocycles. The van der Waals surface area contributed by atoms with E-state index in [0.29, 0.717) is 53.9 Å². The molecule has 1 aliphatic heterocycles. The van der Waals surface area contributed by atoms with Crippen LogP contribution in [-0.4, -0.2) is 25.8 Å². The molecule has 0 aromatic heterocycles. The van der Waals surface area contributed by atoms with Crippen LogP contribution >= 0.6 is 0 Å². The molecule has 0 amide bonds. The molecular formula is C31H34FNO4. The summed E-state index contributed by atoms with van der Waals surface area (Å²) < 4.78 is 25.7. The molecule has 3 aliphatic rings. The molecule has 0 saturated carbocycles. The van der Waals surface area contributed by atoms with E-state index in [-0.39, 0.29) is 28.2 Å². The van der Waals surface area contributed by atoms with E-state index in [4.69, 9.17) is 9.47 Å². The third kappa shape index (κ3) is 4.36. The van der Waals surface area contributed by atoms with E-state index in [1.54, 1.807) is 20.3 Å². The number of carbonyl (C=O) groups excluding carboxylic acids is 2. The van der Waals surface area contributed by atoms with Gasteiger partial charge < -0.3 is 14.4 Å². The molecule has 2 aromatic rings. The largest absolute Gasteiger partial charge is 0.497 e. The van der Waals surface area contributed by atoms with Crippen molar-refractivity contribution in [1.29, 1.82) is 0 Å². The van der Waals surface area contributed by atoms with Crippen LogP contribution in [0.2, 0.25) is 0 Å². The first-order valence-corrected chi connectivity index (χ1v) is 12.7. The zero-order valence-electron chi connectivity index (χ0n) is 22.4. The molecule has 0 spiro atoms. The molecule has 5 rings (SSSR count). The van der Waals surface area contributed by atoms with Crippen molar-refractivity contribution in [3.63, 3.8) is 0 Å². The summed E-state index contributed by atoms with van der Waals surface area (Å²) in [5.41, 5.74) is 3.77. The Morgan fingerprint density at radius 1 is 0.811 bits per heavy atom. The summed E-state index contributed by atoms with van der Waals surface area (Å²) >= 11 is 0. The van der Waals surface area contributed by atoms with Crippen molar-refractivity contribution in [3.05, 3.63) is 76.4 Å². The van der Waals surface area contributed by atoms with Crippen molar-refractivity contribution in [1.82, 2.24) is 0 Å². The van der Waals surface area contributed by atoms with E-state index in [0.717, 1.165) is 17.1 Å². The number of hydrogen-bond acceptors (Lipinski definition) is 5. The number of halogens is 1. The van der Waals surface area contributed by atoms with Crippen molar-refractivity contribution in [2.45, 2.75) is 59.3 Å². The summed E-state index contributed by atoms with van der Waals surface area (Å²) in [6.45, 7) is 8.37. The molecular weight excluding hydrogens is 469 g/mol. The molecule has 0 radical (unpaired) electrons. The van der Waals surface area contributed by atoms with E-state index in [9.17, 15) is 14.0 Å². The second-order valence-corrected chi connectivity index (χ2v) is 12.0.